The molecular weight excluding hydrogens is 476 g/mol. The molecule has 2 amide bonds. The third-order valence-corrected chi connectivity index (χ3v) is 6.40. The molecule has 1 unspecified atom stereocenters. The smallest absolute Gasteiger partial charge is 0.418 e. The van der Waals surface area contributed by atoms with E-state index in [9.17, 15) is 14.4 Å². The molecule has 4 rings (SSSR count). The van der Waals surface area contributed by atoms with Crippen LogP contribution in [0.4, 0.5) is 9.59 Å². The lowest BCUT2D eigenvalue weighted by Gasteiger charge is -2.29. The van der Waals surface area contributed by atoms with Crippen molar-refractivity contribution in [2.75, 3.05) is 20.2 Å². The number of rotatable bonds is 11. The highest BCUT2D eigenvalue weighted by Gasteiger charge is 2.27. The monoisotopic (exact) mass is 508 g/mol. The number of hydrogen-bond donors (Lipinski definition) is 1. The number of likely N-dealkylation sites (tertiary alicyclic amines) is 1. The van der Waals surface area contributed by atoms with E-state index in [2.05, 4.69) is 15.3 Å². The van der Waals surface area contributed by atoms with Gasteiger partial charge in [0.2, 0.25) is 11.8 Å². The number of pyridine rings is 1. The quantitative estimate of drug-likeness (QED) is 0.269. The molecule has 3 aromatic rings. The molecule has 0 spiro atoms. The Morgan fingerprint density at radius 3 is 2.70 bits per heavy atom. The standard InChI is InChI=1S/C27H32N4O6/c1-3-19(32)11-5-4-6-13-22(30-26(33)37-27(34)31-14-9-15-31)25-28-17-23(36-25)20-16-18-10-7-8-12-21(18)29-24(20)35-2/h7-8,10,12,16-17,22H,3-6,9,11,13-15H2,1-2H3,(H,30,33). The molecule has 3 heterocycles. The van der Waals surface area contributed by atoms with Crippen molar-refractivity contribution in [2.45, 2.75) is 57.9 Å². The van der Waals surface area contributed by atoms with Gasteiger partial charge in [0.25, 0.3) is 0 Å². The Hall–Kier alpha value is -3.95. The number of aromatic nitrogens is 2. The van der Waals surface area contributed by atoms with Gasteiger partial charge in [-0.1, -0.05) is 38.0 Å². The van der Waals surface area contributed by atoms with Gasteiger partial charge in [-0.05, 0) is 31.4 Å². The van der Waals surface area contributed by atoms with Crippen LogP contribution in [0.2, 0.25) is 0 Å². The molecule has 2 aromatic heterocycles. The number of carbonyl (C=O) groups is 3. The second-order valence-electron chi connectivity index (χ2n) is 8.99. The fraction of sp³-hybridized carbons (Fsp3) is 0.444. The Kier molecular flexibility index (Phi) is 8.71. The van der Waals surface area contributed by atoms with Crippen molar-refractivity contribution in [1.82, 2.24) is 20.2 Å². The van der Waals surface area contributed by atoms with Gasteiger partial charge >= 0.3 is 12.2 Å². The van der Waals surface area contributed by atoms with E-state index in [-0.39, 0.29) is 11.7 Å². The summed E-state index contributed by atoms with van der Waals surface area (Å²) in [6.45, 7) is 3.02. The molecule has 1 aromatic carbocycles. The number of nitrogens with one attached hydrogen (secondary N) is 1. The molecule has 10 heteroatoms. The number of hydrogen-bond acceptors (Lipinski definition) is 8. The Morgan fingerprint density at radius 2 is 1.97 bits per heavy atom. The van der Waals surface area contributed by atoms with Gasteiger partial charge in [0.1, 0.15) is 11.8 Å². The minimum absolute atomic E-state index is 0.234. The van der Waals surface area contributed by atoms with Gasteiger partial charge in [0.15, 0.2) is 5.76 Å². The van der Waals surface area contributed by atoms with Crippen LogP contribution in [0, 0.1) is 0 Å². The number of carbonyl (C=O) groups excluding carboxylic acids is 3. The number of para-hydroxylation sites is 1. The summed E-state index contributed by atoms with van der Waals surface area (Å²) in [5, 5.41) is 3.64. The minimum atomic E-state index is -0.854. The number of ketones is 1. The number of unbranched alkanes of at least 4 members (excludes halogenated alkanes) is 2. The Bertz CT molecular complexity index is 1250. The molecule has 0 radical (unpaired) electrons. The first-order valence-corrected chi connectivity index (χ1v) is 12.7. The van der Waals surface area contributed by atoms with Crippen LogP contribution >= 0.6 is 0 Å². The Balaban J connectivity index is 1.49. The second kappa shape index (κ2) is 12.3. The fourth-order valence-electron chi connectivity index (χ4n) is 4.10. The van der Waals surface area contributed by atoms with E-state index in [0.29, 0.717) is 49.6 Å². The number of methoxy groups -OCH3 is 1. The van der Waals surface area contributed by atoms with Gasteiger partial charge in [0, 0.05) is 31.3 Å². The molecule has 0 saturated carbocycles. The van der Waals surface area contributed by atoms with E-state index in [1.807, 2.05) is 37.3 Å². The van der Waals surface area contributed by atoms with Crippen LogP contribution in [0.15, 0.2) is 40.9 Å². The van der Waals surface area contributed by atoms with Crippen molar-refractivity contribution in [3.05, 3.63) is 42.4 Å². The number of oxazole rings is 1. The van der Waals surface area contributed by atoms with Crippen molar-refractivity contribution >= 4 is 28.9 Å². The summed E-state index contributed by atoms with van der Waals surface area (Å²) in [5.74, 6) is 1.35. The lowest BCUT2D eigenvalue weighted by Crippen LogP contribution is -2.44. The van der Waals surface area contributed by atoms with Crippen molar-refractivity contribution in [1.29, 1.82) is 0 Å². The van der Waals surface area contributed by atoms with Gasteiger partial charge in [0.05, 0.1) is 24.4 Å². The summed E-state index contributed by atoms with van der Waals surface area (Å²) in [7, 11) is 1.54. The van der Waals surface area contributed by atoms with E-state index >= 15 is 0 Å². The van der Waals surface area contributed by atoms with Crippen LogP contribution in [-0.2, 0) is 9.53 Å². The first kappa shape index (κ1) is 26.1. The summed E-state index contributed by atoms with van der Waals surface area (Å²) in [6.07, 6.45) is 4.82. The first-order valence-electron chi connectivity index (χ1n) is 12.7. The zero-order valence-corrected chi connectivity index (χ0v) is 21.2. The maximum absolute atomic E-state index is 12.5. The van der Waals surface area contributed by atoms with E-state index in [1.165, 1.54) is 12.0 Å². The number of ether oxygens (including phenoxy) is 2. The zero-order valence-electron chi connectivity index (χ0n) is 21.2. The Labute approximate surface area is 215 Å². The van der Waals surface area contributed by atoms with Gasteiger partial charge < -0.3 is 24.1 Å². The predicted octanol–water partition coefficient (Wildman–Crippen LogP) is 5.42. The van der Waals surface area contributed by atoms with Crippen molar-refractivity contribution < 1.29 is 28.3 Å². The molecule has 1 aliphatic heterocycles. The lowest BCUT2D eigenvalue weighted by atomic mass is 10.1. The topological polar surface area (TPSA) is 124 Å². The Morgan fingerprint density at radius 1 is 1.16 bits per heavy atom. The van der Waals surface area contributed by atoms with Gasteiger partial charge in [-0.3, -0.25) is 4.79 Å². The molecule has 1 N–H and O–H groups in total. The molecule has 0 bridgehead atoms. The highest BCUT2D eigenvalue weighted by molar-refractivity contribution is 5.85. The highest BCUT2D eigenvalue weighted by Crippen LogP contribution is 2.33. The molecule has 10 nitrogen and oxygen atoms in total. The summed E-state index contributed by atoms with van der Waals surface area (Å²) in [6, 6.07) is 8.97. The van der Waals surface area contributed by atoms with Gasteiger partial charge in [-0.15, -0.1) is 0 Å². The molecule has 37 heavy (non-hydrogen) atoms. The number of nitrogens with zero attached hydrogens (tertiary/aromatic N) is 3. The highest BCUT2D eigenvalue weighted by atomic mass is 16.6. The van der Waals surface area contributed by atoms with E-state index < -0.39 is 18.2 Å². The van der Waals surface area contributed by atoms with Crippen LogP contribution in [0.1, 0.15) is 63.8 Å². The number of Topliss-reactive ketones (excluding diaryl/α,β-unsaturated/α-hetero) is 1. The molecular formula is C27H32N4O6. The maximum atomic E-state index is 12.5. The number of amides is 2. The van der Waals surface area contributed by atoms with E-state index in [4.69, 9.17) is 13.9 Å². The maximum Gasteiger partial charge on any atom is 0.418 e. The molecule has 1 atom stereocenters. The van der Waals surface area contributed by atoms with Gasteiger partial charge in [-0.2, -0.15) is 0 Å². The van der Waals surface area contributed by atoms with Crippen LogP contribution in [0.25, 0.3) is 22.2 Å². The third-order valence-electron chi connectivity index (χ3n) is 6.40. The second-order valence-corrected chi connectivity index (χ2v) is 8.99. The number of benzene rings is 1. The third kappa shape index (κ3) is 6.63. The lowest BCUT2D eigenvalue weighted by molar-refractivity contribution is -0.118. The zero-order chi connectivity index (χ0) is 26.2. The van der Waals surface area contributed by atoms with E-state index in [1.54, 1.807) is 6.20 Å². The molecule has 196 valence electrons. The van der Waals surface area contributed by atoms with Crippen LogP contribution in [-0.4, -0.2) is 53.0 Å². The normalized spacial score (nSPS) is 13.6. The first-order chi connectivity index (χ1) is 18.0. The number of fused-ring (bicyclic) bond motifs is 1. The number of alkyl carbamates (subject to hydrolysis) is 1. The largest absolute Gasteiger partial charge is 0.480 e. The summed E-state index contributed by atoms with van der Waals surface area (Å²) in [5.41, 5.74) is 1.42. The summed E-state index contributed by atoms with van der Waals surface area (Å²) in [4.78, 5) is 46.6. The fourth-order valence-corrected chi connectivity index (χ4v) is 4.10. The van der Waals surface area contributed by atoms with Crippen molar-refractivity contribution in [2.24, 2.45) is 0 Å². The van der Waals surface area contributed by atoms with Crippen LogP contribution in [0.5, 0.6) is 5.88 Å². The molecule has 0 aliphatic carbocycles. The average molecular weight is 509 g/mol. The average Bonchev–Trinajstić information content (AvgIpc) is 3.35. The van der Waals surface area contributed by atoms with Crippen LogP contribution < -0.4 is 10.1 Å². The van der Waals surface area contributed by atoms with Crippen LogP contribution in [0.3, 0.4) is 0 Å². The summed E-state index contributed by atoms with van der Waals surface area (Å²) >= 11 is 0. The molecule has 1 saturated heterocycles. The summed E-state index contributed by atoms with van der Waals surface area (Å²) < 4.78 is 16.5. The van der Waals surface area contributed by atoms with Crippen molar-refractivity contribution in [3.8, 4) is 17.2 Å². The minimum Gasteiger partial charge on any atom is -0.480 e. The molecule has 1 aliphatic rings. The molecule has 1 fully saturated rings. The predicted molar refractivity (Wildman–Crippen MR) is 136 cm³/mol. The van der Waals surface area contributed by atoms with Crippen molar-refractivity contribution in [3.63, 3.8) is 0 Å². The van der Waals surface area contributed by atoms with E-state index in [0.717, 1.165) is 36.6 Å². The van der Waals surface area contributed by atoms with Gasteiger partial charge in [-0.25, -0.2) is 19.6 Å². The SMILES string of the molecule is CCC(=O)CCCCCC(NC(=O)OC(=O)N1CCC1)c1ncc(-c2cc3ccccc3nc2OC)o1.